The largest absolute Gasteiger partial charge is 0.334 e. The van der Waals surface area contributed by atoms with E-state index in [0.717, 1.165) is 6.54 Å². The van der Waals surface area contributed by atoms with Gasteiger partial charge in [-0.25, -0.2) is 4.39 Å². The first-order chi connectivity index (χ1) is 8.20. The molecule has 90 valence electrons. The second kappa shape index (κ2) is 5.25. The van der Waals surface area contributed by atoms with E-state index < -0.39 is 5.82 Å². The summed E-state index contributed by atoms with van der Waals surface area (Å²) in [7, 11) is 0. The zero-order valence-corrected chi connectivity index (χ0v) is 9.96. The van der Waals surface area contributed by atoms with Gasteiger partial charge in [0.25, 0.3) is 5.89 Å². The van der Waals surface area contributed by atoms with Gasteiger partial charge in [0.05, 0.1) is 12.1 Å². The average Bonchev–Trinajstić information content (AvgIpc) is 2.75. The number of hydrogen-bond donors (Lipinski definition) is 1. The molecule has 0 bridgehead atoms. The van der Waals surface area contributed by atoms with Crippen LogP contribution in [0.5, 0.6) is 0 Å². The molecule has 0 aliphatic rings. The Kier molecular flexibility index (Phi) is 3.71. The van der Waals surface area contributed by atoms with Crippen LogP contribution in [0.15, 0.2) is 22.7 Å². The predicted molar refractivity (Wildman–Crippen MR) is 62.1 cm³/mol. The van der Waals surface area contributed by atoms with E-state index in [-0.39, 0.29) is 11.5 Å². The molecule has 17 heavy (non-hydrogen) atoms. The summed E-state index contributed by atoms with van der Waals surface area (Å²) in [4.78, 5) is 4.09. The van der Waals surface area contributed by atoms with E-state index in [1.165, 1.54) is 12.1 Å². The Balaban J connectivity index is 2.24. The van der Waals surface area contributed by atoms with Crippen molar-refractivity contribution in [1.82, 2.24) is 15.5 Å². The van der Waals surface area contributed by atoms with E-state index in [2.05, 4.69) is 15.5 Å². The Morgan fingerprint density at radius 2 is 2.29 bits per heavy atom. The predicted octanol–water partition coefficient (Wildman–Crippen LogP) is 2.64. The standard InChI is InChI=1S/C11H11ClFN3O/c1-2-14-6-10-15-11(17-16-10)8-4-3-7(12)5-9(8)13/h3-5,14H,2,6H2,1H3. The van der Waals surface area contributed by atoms with Crippen molar-refractivity contribution < 1.29 is 8.91 Å². The van der Waals surface area contributed by atoms with Gasteiger partial charge in [0.1, 0.15) is 5.82 Å². The van der Waals surface area contributed by atoms with E-state index in [4.69, 9.17) is 16.1 Å². The van der Waals surface area contributed by atoms with Gasteiger partial charge in [-0.3, -0.25) is 0 Å². The second-order valence-corrected chi connectivity index (χ2v) is 3.86. The van der Waals surface area contributed by atoms with Crippen LogP contribution in [0.1, 0.15) is 12.7 Å². The van der Waals surface area contributed by atoms with Gasteiger partial charge in [0, 0.05) is 5.02 Å². The lowest BCUT2D eigenvalue weighted by Gasteiger charge is -1.97. The highest BCUT2D eigenvalue weighted by Gasteiger charge is 2.13. The van der Waals surface area contributed by atoms with Gasteiger partial charge in [0.2, 0.25) is 0 Å². The van der Waals surface area contributed by atoms with E-state index in [0.29, 0.717) is 17.4 Å². The van der Waals surface area contributed by atoms with E-state index in [1.807, 2.05) is 6.92 Å². The summed E-state index contributed by atoms with van der Waals surface area (Å²) in [6, 6.07) is 4.31. The molecule has 0 aliphatic carbocycles. The number of aromatic nitrogens is 2. The molecular formula is C11H11ClFN3O. The fraction of sp³-hybridized carbons (Fsp3) is 0.273. The number of halogens is 2. The summed E-state index contributed by atoms with van der Waals surface area (Å²) >= 11 is 5.66. The smallest absolute Gasteiger partial charge is 0.260 e. The van der Waals surface area contributed by atoms with Crippen molar-refractivity contribution in [2.24, 2.45) is 0 Å². The van der Waals surface area contributed by atoms with Gasteiger partial charge in [-0.1, -0.05) is 23.7 Å². The van der Waals surface area contributed by atoms with E-state index in [1.54, 1.807) is 6.07 Å². The summed E-state index contributed by atoms with van der Waals surface area (Å²) in [5, 5.41) is 7.13. The molecule has 1 aromatic heterocycles. The first-order valence-corrected chi connectivity index (χ1v) is 5.57. The molecule has 2 aromatic rings. The van der Waals surface area contributed by atoms with Gasteiger partial charge in [-0.2, -0.15) is 4.98 Å². The van der Waals surface area contributed by atoms with Crippen LogP contribution in [-0.2, 0) is 6.54 Å². The minimum absolute atomic E-state index is 0.159. The third-order valence-corrected chi connectivity index (χ3v) is 2.40. The Morgan fingerprint density at radius 1 is 1.47 bits per heavy atom. The van der Waals surface area contributed by atoms with E-state index >= 15 is 0 Å². The van der Waals surface area contributed by atoms with Crippen molar-refractivity contribution in [1.29, 1.82) is 0 Å². The van der Waals surface area contributed by atoms with Crippen LogP contribution in [0.4, 0.5) is 4.39 Å². The summed E-state index contributed by atoms with van der Waals surface area (Å²) in [6.07, 6.45) is 0. The third-order valence-electron chi connectivity index (χ3n) is 2.16. The lowest BCUT2D eigenvalue weighted by atomic mass is 10.2. The van der Waals surface area contributed by atoms with Crippen molar-refractivity contribution in [2.45, 2.75) is 13.5 Å². The average molecular weight is 256 g/mol. The second-order valence-electron chi connectivity index (χ2n) is 3.42. The quantitative estimate of drug-likeness (QED) is 0.913. The summed E-state index contributed by atoms with van der Waals surface area (Å²) in [6.45, 7) is 3.27. The molecule has 0 radical (unpaired) electrons. The monoisotopic (exact) mass is 255 g/mol. The molecule has 2 rings (SSSR count). The molecular weight excluding hydrogens is 245 g/mol. The Bertz CT molecular complexity index is 515. The Hall–Kier alpha value is -1.46. The van der Waals surface area contributed by atoms with Crippen LogP contribution >= 0.6 is 11.6 Å². The zero-order valence-electron chi connectivity index (χ0n) is 9.20. The van der Waals surface area contributed by atoms with Crippen LogP contribution in [-0.4, -0.2) is 16.7 Å². The fourth-order valence-electron chi connectivity index (χ4n) is 1.33. The molecule has 1 N–H and O–H groups in total. The molecule has 0 unspecified atom stereocenters. The highest BCUT2D eigenvalue weighted by atomic mass is 35.5. The van der Waals surface area contributed by atoms with Crippen LogP contribution in [0, 0.1) is 5.82 Å². The first kappa shape index (κ1) is 12.0. The summed E-state index contributed by atoms with van der Waals surface area (Å²) in [5.74, 6) is 0.180. The van der Waals surface area contributed by atoms with Crippen LogP contribution in [0.3, 0.4) is 0 Å². The first-order valence-electron chi connectivity index (χ1n) is 5.19. The molecule has 0 fully saturated rings. The number of hydrogen-bond acceptors (Lipinski definition) is 4. The lowest BCUT2D eigenvalue weighted by Crippen LogP contribution is -2.12. The van der Waals surface area contributed by atoms with E-state index in [9.17, 15) is 4.39 Å². The minimum atomic E-state index is -0.476. The number of benzene rings is 1. The topological polar surface area (TPSA) is 51.0 Å². The molecule has 1 heterocycles. The highest BCUT2D eigenvalue weighted by molar-refractivity contribution is 6.30. The summed E-state index contributed by atoms with van der Waals surface area (Å²) in [5.41, 5.74) is 0.254. The van der Waals surface area contributed by atoms with Crippen molar-refractivity contribution in [2.75, 3.05) is 6.54 Å². The maximum Gasteiger partial charge on any atom is 0.260 e. The molecule has 0 amide bonds. The zero-order chi connectivity index (χ0) is 12.3. The fourth-order valence-corrected chi connectivity index (χ4v) is 1.49. The lowest BCUT2D eigenvalue weighted by molar-refractivity contribution is 0.417. The van der Waals surface area contributed by atoms with Gasteiger partial charge >= 0.3 is 0 Å². The third kappa shape index (κ3) is 2.81. The maximum atomic E-state index is 13.6. The van der Waals surface area contributed by atoms with Crippen LogP contribution < -0.4 is 5.32 Å². The Morgan fingerprint density at radius 3 is 3.00 bits per heavy atom. The maximum absolute atomic E-state index is 13.6. The molecule has 0 atom stereocenters. The van der Waals surface area contributed by atoms with Crippen molar-refractivity contribution >= 4 is 11.6 Å². The minimum Gasteiger partial charge on any atom is -0.334 e. The van der Waals surface area contributed by atoms with Gasteiger partial charge in [0.15, 0.2) is 5.82 Å². The number of nitrogens with one attached hydrogen (secondary N) is 1. The number of nitrogens with zero attached hydrogens (tertiary/aromatic N) is 2. The molecule has 0 spiro atoms. The van der Waals surface area contributed by atoms with Crippen LogP contribution in [0.2, 0.25) is 5.02 Å². The van der Waals surface area contributed by atoms with Crippen molar-refractivity contribution in [3.05, 3.63) is 34.9 Å². The van der Waals surface area contributed by atoms with Crippen molar-refractivity contribution in [3.63, 3.8) is 0 Å². The Labute approximate surface area is 103 Å². The normalized spacial score (nSPS) is 10.8. The highest BCUT2D eigenvalue weighted by Crippen LogP contribution is 2.23. The SMILES string of the molecule is CCNCc1noc(-c2ccc(Cl)cc2F)n1. The van der Waals surface area contributed by atoms with Gasteiger partial charge < -0.3 is 9.84 Å². The number of rotatable bonds is 4. The van der Waals surface area contributed by atoms with Gasteiger partial charge in [-0.05, 0) is 24.7 Å². The molecule has 0 saturated carbocycles. The molecule has 4 nitrogen and oxygen atoms in total. The summed E-state index contributed by atoms with van der Waals surface area (Å²) < 4.78 is 18.6. The molecule has 1 aromatic carbocycles. The molecule has 0 aliphatic heterocycles. The van der Waals surface area contributed by atoms with Crippen LogP contribution in [0.25, 0.3) is 11.5 Å². The molecule has 0 saturated heterocycles. The van der Waals surface area contributed by atoms with Crippen molar-refractivity contribution in [3.8, 4) is 11.5 Å². The molecule has 6 heteroatoms. The van der Waals surface area contributed by atoms with Gasteiger partial charge in [-0.15, -0.1) is 0 Å².